The molecule has 0 radical (unpaired) electrons. The fourth-order valence-corrected chi connectivity index (χ4v) is 2.69. The van der Waals surface area contributed by atoms with Crippen LogP contribution < -0.4 is 4.72 Å². The number of aromatic nitrogens is 1. The van der Waals surface area contributed by atoms with E-state index in [1.165, 1.54) is 12.1 Å². The molecule has 2 N–H and O–H groups in total. The van der Waals surface area contributed by atoms with Crippen molar-refractivity contribution in [3.8, 4) is 0 Å². The van der Waals surface area contributed by atoms with Crippen LogP contribution in [-0.2, 0) is 15.4 Å². The molecule has 4 nitrogen and oxygen atoms in total. The van der Waals surface area contributed by atoms with Gasteiger partial charge in [-0.05, 0) is 23.8 Å². The van der Waals surface area contributed by atoms with Crippen molar-refractivity contribution in [1.29, 1.82) is 0 Å². The molecule has 0 saturated heterocycles. The van der Waals surface area contributed by atoms with Crippen molar-refractivity contribution >= 4 is 20.9 Å². The zero-order valence-electron chi connectivity index (χ0n) is 11.1. The summed E-state index contributed by atoms with van der Waals surface area (Å²) in [6.07, 6.45) is 2.93. The van der Waals surface area contributed by atoms with Gasteiger partial charge in [0.25, 0.3) is 0 Å². The van der Waals surface area contributed by atoms with E-state index in [0.29, 0.717) is 5.52 Å². The van der Waals surface area contributed by atoms with Crippen molar-refractivity contribution in [1.82, 2.24) is 9.71 Å². The molecule has 19 heavy (non-hydrogen) atoms. The third-order valence-corrected chi connectivity index (χ3v) is 3.82. The van der Waals surface area contributed by atoms with Gasteiger partial charge in [-0.3, -0.25) is 0 Å². The van der Waals surface area contributed by atoms with Crippen LogP contribution in [0.2, 0.25) is 0 Å². The Bertz CT molecular complexity index is 705. The zero-order valence-corrected chi connectivity index (χ0v) is 11.9. The lowest BCUT2D eigenvalue weighted by atomic mass is 9.85. The van der Waals surface area contributed by atoms with Crippen molar-refractivity contribution in [2.45, 2.75) is 19.3 Å². The van der Waals surface area contributed by atoms with Gasteiger partial charge in [-0.1, -0.05) is 13.8 Å². The van der Waals surface area contributed by atoms with E-state index in [-0.39, 0.29) is 17.8 Å². The van der Waals surface area contributed by atoms with E-state index in [9.17, 15) is 12.8 Å². The topological polar surface area (TPSA) is 62.0 Å². The van der Waals surface area contributed by atoms with E-state index >= 15 is 0 Å². The fraction of sp³-hybridized carbons (Fsp3) is 0.385. The average Bonchev–Trinajstić information content (AvgIpc) is 2.69. The second kappa shape index (κ2) is 4.61. The van der Waals surface area contributed by atoms with E-state index in [2.05, 4.69) is 9.71 Å². The van der Waals surface area contributed by atoms with Crippen LogP contribution in [0.4, 0.5) is 4.39 Å². The van der Waals surface area contributed by atoms with Gasteiger partial charge < -0.3 is 4.98 Å². The zero-order chi connectivity index (χ0) is 14.3. The SMILES string of the molecule is CC(C)(CNS(C)(=O)=O)c1c[nH]c2cc(F)ccc12. The van der Waals surface area contributed by atoms with E-state index in [1.54, 1.807) is 12.3 Å². The molecular weight excluding hydrogens is 267 g/mol. The molecule has 0 unspecified atom stereocenters. The number of nitrogens with one attached hydrogen (secondary N) is 2. The minimum Gasteiger partial charge on any atom is -0.361 e. The quantitative estimate of drug-likeness (QED) is 0.903. The van der Waals surface area contributed by atoms with E-state index in [4.69, 9.17) is 0 Å². The molecule has 0 atom stereocenters. The van der Waals surface area contributed by atoms with Gasteiger partial charge in [-0.2, -0.15) is 0 Å². The second-order valence-electron chi connectivity index (χ2n) is 5.37. The highest BCUT2D eigenvalue weighted by molar-refractivity contribution is 7.88. The van der Waals surface area contributed by atoms with Gasteiger partial charge in [-0.25, -0.2) is 17.5 Å². The summed E-state index contributed by atoms with van der Waals surface area (Å²) in [4.78, 5) is 3.02. The van der Waals surface area contributed by atoms with E-state index < -0.39 is 10.0 Å². The molecule has 0 spiro atoms. The van der Waals surface area contributed by atoms with Crippen molar-refractivity contribution in [3.63, 3.8) is 0 Å². The van der Waals surface area contributed by atoms with Gasteiger partial charge >= 0.3 is 0 Å². The van der Waals surface area contributed by atoms with Gasteiger partial charge in [0.05, 0.1) is 6.26 Å². The number of hydrogen-bond acceptors (Lipinski definition) is 2. The Hall–Kier alpha value is -1.40. The maximum atomic E-state index is 13.1. The number of rotatable bonds is 4. The maximum absolute atomic E-state index is 13.1. The molecule has 6 heteroatoms. The highest BCUT2D eigenvalue weighted by Crippen LogP contribution is 2.30. The lowest BCUT2D eigenvalue weighted by Crippen LogP contribution is -2.35. The number of halogens is 1. The molecule has 2 rings (SSSR count). The van der Waals surface area contributed by atoms with Gasteiger partial charge in [0, 0.05) is 29.1 Å². The van der Waals surface area contributed by atoms with Crippen LogP contribution in [0.15, 0.2) is 24.4 Å². The predicted molar refractivity (Wildman–Crippen MR) is 74.1 cm³/mol. The molecule has 0 aliphatic carbocycles. The summed E-state index contributed by atoms with van der Waals surface area (Å²) < 4.78 is 38.0. The normalized spacial score (nSPS) is 13.1. The Kier molecular flexibility index (Phi) is 3.40. The standard InChI is InChI=1S/C13H17FN2O2S/c1-13(2,8-16-19(3,17)18)11-7-15-12-6-9(14)4-5-10(11)12/h4-7,15-16H,8H2,1-3H3. The Morgan fingerprint density at radius 1 is 1.37 bits per heavy atom. The van der Waals surface area contributed by atoms with Crippen LogP contribution in [0.1, 0.15) is 19.4 Å². The number of fused-ring (bicyclic) bond motifs is 1. The number of benzene rings is 1. The van der Waals surface area contributed by atoms with Crippen LogP contribution >= 0.6 is 0 Å². The van der Waals surface area contributed by atoms with Crippen LogP contribution in [-0.4, -0.2) is 26.2 Å². The Morgan fingerprint density at radius 2 is 2.05 bits per heavy atom. The predicted octanol–water partition coefficient (Wildman–Crippen LogP) is 2.13. The summed E-state index contributed by atoms with van der Waals surface area (Å²) in [5.74, 6) is -0.298. The summed E-state index contributed by atoms with van der Waals surface area (Å²) in [6.45, 7) is 4.17. The maximum Gasteiger partial charge on any atom is 0.208 e. The summed E-state index contributed by atoms with van der Waals surface area (Å²) in [7, 11) is -3.23. The minimum absolute atomic E-state index is 0.288. The summed E-state index contributed by atoms with van der Waals surface area (Å²) in [6, 6.07) is 4.54. The second-order valence-corrected chi connectivity index (χ2v) is 7.20. The third-order valence-electron chi connectivity index (χ3n) is 3.15. The van der Waals surface area contributed by atoms with Crippen LogP contribution in [0, 0.1) is 5.82 Å². The van der Waals surface area contributed by atoms with E-state index in [0.717, 1.165) is 17.2 Å². The number of hydrogen-bond donors (Lipinski definition) is 2. The molecule has 0 aliphatic heterocycles. The summed E-state index contributed by atoms with van der Waals surface area (Å²) >= 11 is 0. The molecule has 1 heterocycles. The molecule has 0 amide bonds. The molecule has 2 aromatic rings. The molecular formula is C13H17FN2O2S. The molecule has 1 aromatic carbocycles. The molecule has 0 saturated carbocycles. The summed E-state index contributed by atoms with van der Waals surface area (Å²) in [5, 5.41) is 0.904. The van der Waals surface area contributed by atoms with Crippen LogP contribution in [0.25, 0.3) is 10.9 Å². The lowest BCUT2D eigenvalue weighted by Gasteiger charge is -2.24. The largest absolute Gasteiger partial charge is 0.361 e. The van der Waals surface area contributed by atoms with Gasteiger partial charge in [-0.15, -0.1) is 0 Å². The monoisotopic (exact) mass is 284 g/mol. The Balaban J connectivity index is 2.37. The van der Waals surface area contributed by atoms with Crippen molar-refractivity contribution in [2.24, 2.45) is 0 Å². The Labute approximate surface area is 112 Å². The lowest BCUT2D eigenvalue weighted by molar-refractivity contribution is 0.507. The molecule has 0 fully saturated rings. The third kappa shape index (κ3) is 3.13. The number of aromatic amines is 1. The van der Waals surface area contributed by atoms with Gasteiger partial charge in [0.2, 0.25) is 10.0 Å². The van der Waals surface area contributed by atoms with Crippen molar-refractivity contribution in [2.75, 3.05) is 12.8 Å². The fourth-order valence-electron chi connectivity index (χ4n) is 2.07. The smallest absolute Gasteiger partial charge is 0.208 e. The highest BCUT2D eigenvalue weighted by Gasteiger charge is 2.25. The molecule has 1 aromatic heterocycles. The van der Waals surface area contributed by atoms with Gasteiger partial charge in [0.1, 0.15) is 5.82 Å². The minimum atomic E-state index is -3.23. The Morgan fingerprint density at radius 3 is 2.68 bits per heavy atom. The van der Waals surface area contributed by atoms with Crippen LogP contribution in [0.5, 0.6) is 0 Å². The van der Waals surface area contributed by atoms with E-state index in [1.807, 2.05) is 13.8 Å². The first-order valence-corrected chi connectivity index (χ1v) is 7.80. The van der Waals surface area contributed by atoms with Crippen LogP contribution in [0.3, 0.4) is 0 Å². The number of sulfonamides is 1. The van der Waals surface area contributed by atoms with Crippen molar-refractivity contribution in [3.05, 3.63) is 35.8 Å². The highest BCUT2D eigenvalue weighted by atomic mass is 32.2. The van der Waals surface area contributed by atoms with Gasteiger partial charge in [0.15, 0.2) is 0 Å². The average molecular weight is 284 g/mol. The number of H-pyrrole nitrogens is 1. The molecule has 0 aliphatic rings. The molecule has 104 valence electrons. The first kappa shape index (κ1) is 14.0. The first-order chi connectivity index (χ1) is 8.69. The summed E-state index contributed by atoms with van der Waals surface area (Å²) in [5.41, 5.74) is 1.28. The first-order valence-electron chi connectivity index (χ1n) is 5.91. The molecule has 0 bridgehead atoms. The van der Waals surface area contributed by atoms with Crippen molar-refractivity contribution < 1.29 is 12.8 Å².